The fourth-order valence-corrected chi connectivity index (χ4v) is 2.18. The quantitative estimate of drug-likeness (QED) is 0.748. The molecule has 15 heavy (non-hydrogen) atoms. The van der Waals surface area contributed by atoms with E-state index in [4.69, 9.17) is 4.55 Å². The lowest BCUT2D eigenvalue weighted by Crippen LogP contribution is -1.99. The van der Waals surface area contributed by atoms with Crippen molar-refractivity contribution in [3.63, 3.8) is 0 Å². The number of nitrogens with zero attached hydrogens (tertiary/aromatic N) is 1. The van der Waals surface area contributed by atoms with Crippen LogP contribution >= 0.6 is 0 Å². The molecule has 0 radical (unpaired) electrons. The Morgan fingerprint density at radius 1 is 1.33 bits per heavy atom. The molecule has 0 bridgehead atoms. The normalized spacial score (nSPS) is 11.9. The van der Waals surface area contributed by atoms with Crippen LogP contribution in [0.25, 0.3) is 10.8 Å². The van der Waals surface area contributed by atoms with Crippen LogP contribution in [0.5, 0.6) is 0 Å². The van der Waals surface area contributed by atoms with Crippen molar-refractivity contribution >= 4 is 20.9 Å². The molecule has 1 N–H and O–H groups in total. The molecule has 0 atom stereocenters. The topological polar surface area (TPSA) is 67.3 Å². The zero-order chi connectivity index (χ0) is 11.1. The van der Waals surface area contributed by atoms with E-state index in [-0.39, 0.29) is 4.90 Å². The van der Waals surface area contributed by atoms with E-state index in [2.05, 4.69) is 4.98 Å². The number of hydrogen-bond acceptors (Lipinski definition) is 3. The summed E-state index contributed by atoms with van der Waals surface area (Å²) in [5.74, 6) is 0. The Balaban J connectivity index is 2.92. The molecule has 0 amide bonds. The third-order valence-corrected chi connectivity index (χ3v) is 3.05. The minimum atomic E-state index is -4.17. The van der Waals surface area contributed by atoms with Crippen molar-refractivity contribution in [3.05, 3.63) is 36.2 Å². The summed E-state index contributed by atoms with van der Waals surface area (Å²) in [6.07, 6.45) is 1.58. The molecule has 2 aromatic rings. The maximum absolute atomic E-state index is 11.1. The van der Waals surface area contributed by atoms with Gasteiger partial charge < -0.3 is 0 Å². The summed E-state index contributed by atoms with van der Waals surface area (Å²) >= 11 is 0. The maximum atomic E-state index is 11.1. The second-order valence-corrected chi connectivity index (χ2v) is 4.67. The second-order valence-electron chi connectivity index (χ2n) is 3.28. The van der Waals surface area contributed by atoms with Crippen molar-refractivity contribution in [1.82, 2.24) is 4.98 Å². The third kappa shape index (κ3) is 1.84. The van der Waals surface area contributed by atoms with Crippen LogP contribution in [-0.2, 0) is 10.1 Å². The van der Waals surface area contributed by atoms with Gasteiger partial charge in [-0.3, -0.25) is 9.54 Å². The lowest BCUT2D eigenvalue weighted by molar-refractivity contribution is 0.484. The monoisotopic (exact) mass is 223 g/mol. The number of fused-ring (bicyclic) bond motifs is 1. The molecule has 0 unspecified atom stereocenters. The minimum Gasteiger partial charge on any atom is -0.282 e. The van der Waals surface area contributed by atoms with Crippen molar-refractivity contribution < 1.29 is 13.0 Å². The van der Waals surface area contributed by atoms with Gasteiger partial charge in [0.25, 0.3) is 10.1 Å². The summed E-state index contributed by atoms with van der Waals surface area (Å²) in [7, 11) is -4.17. The first kappa shape index (κ1) is 10.1. The summed E-state index contributed by atoms with van der Waals surface area (Å²) in [6, 6.07) is 6.33. The molecule has 0 saturated heterocycles. The molecule has 1 aromatic heterocycles. The van der Waals surface area contributed by atoms with Gasteiger partial charge >= 0.3 is 0 Å². The van der Waals surface area contributed by atoms with Crippen molar-refractivity contribution in [1.29, 1.82) is 0 Å². The predicted octanol–water partition coefficient (Wildman–Crippen LogP) is 1.79. The molecular formula is C10H9NO3S. The van der Waals surface area contributed by atoms with E-state index in [9.17, 15) is 8.42 Å². The van der Waals surface area contributed by atoms with E-state index in [1.807, 2.05) is 0 Å². The Morgan fingerprint density at radius 3 is 2.73 bits per heavy atom. The standard InChI is InChI=1S/C10H9NO3S/c1-7-5-9-8(6-11-7)3-2-4-10(9)15(12,13)14/h2-6H,1H3,(H,12,13,14). The van der Waals surface area contributed by atoms with Gasteiger partial charge in [-0.15, -0.1) is 0 Å². The van der Waals surface area contributed by atoms with Crippen LogP contribution in [0, 0.1) is 6.92 Å². The van der Waals surface area contributed by atoms with Crippen LogP contribution in [-0.4, -0.2) is 18.0 Å². The molecule has 0 aliphatic rings. The molecule has 1 heterocycles. The lowest BCUT2D eigenvalue weighted by atomic mass is 10.1. The van der Waals surface area contributed by atoms with Gasteiger partial charge in [-0.05, 0) is 19.1 Å². The number of hydrogen-bond donors (Lipinski definition) is 1. The Morgan fingerprint density at radius 2 is 2.07 bits per heavy atom. The molecule has 0 saturated carbocycles. The van der Waals surface area contributed by atoms with Crippen molar-refractivity contribution in [2.45, 2.75) is 11.8 Å². The molecule has 0 aliphatic carbocycles. The van der Waals surface area contributed by atoms with Gasteiger partial charge in [0.15, 0.2) is 0 Å². The van der Waals surface area contributed by atoms with Gasteiger partial charge in [-0.25, -0.2) is 0 Å². The molecule has 0 fully saturated rings. The number of aryl methyl sites for hydroxylation is 1. The average molecular weight is 223 g/mol. The number of benzene rings is 1. The lowest BCUT2D eigenvalue weighted by Gasteiger charge is -2.03. The van der Waals surface area contributed by atoms with Crippen LogP contribution in [0.4, 0.5) is 0 Å². The summed E-state index contributed by atoms with van der Waals surface area (Å²) in [4.78, 5) is 3.98. The number of rotatable bonds is 1. The van der Waals surface area contributed by atoms with Gasteiger partial charge in [0.1, 0.15) is 4.90 Å². The largest absolute Gasteiger partial charge is 0.295 e. The maximum Gasteiger partial charge on any atom is 0.295 e. The second kappa shape index (κ2) is 3.29. The summed E-state index contributed by atoms with van der Waals surface area (Å²) < 4.78 is 31.2. The molecule has 0 spiro atoms. The van der Waals surface area contributed by atoms with Crippen LogP contribution in [0.3, 0.4) is 0 Å². The fourth-order valence-electron chi connectivity index (χ4n) is 1.47. The van der Waals surface area contributed by atoms with Gasteiger partial charge in [0.2, 0.25) is 0 Å². The highest BCUT2D eigenvalue weighted by molar-refractivity contribution is 7.86. The first-order valence-electron chi connectivity index (χ1n) is 4.31. The molecule has 1 aromatic carbocycles. The van der Waals surface area contributed by atoms with Gasteiger partial charge in [0, 0.05) is 22.7 Å². The fraction of sp³-hybridized carbons (Fsp3) is 0.100. The van der Waals surface area contributed by atoms with E-state index in [1.54, 1.807) is 31.3 Å². The predicted molar refractivity (Wildman–Crippen MR) is 56.3 cm³/mol. The summed E-state index contributed by atoms with van der Waals surface area (Å²) in [6.45, 7) is 1.76. The molecule has 2 rings (SSSR count). The molecule has 0 aliphatic heterocycles. The first-order valence-corrected chi connectivity index (χ1v) is 5.75. The van der Waals surface area contributed by atoms with E-state index in [1.165, 1.54) is 6.07 Å². The summed E-state index contributed by atoms with van der Waals surface area (Å²) in [5.41, 5.74) is 0.707. The molecule has 4 nitrogen and oxygen atoms in total. The number of pyridine rings is 1. The van der Waals surface area contributed by atoms with Crippen molar-refractivity contribution in [2.24, 2.45) is 0 Å². The minimum absolute atomic E-state index is 0.0782. The number of aromatic nitrogens is 1. The molecule has 5 heteroatoms. The zero-order valence-corrected chi connectivity index (χ0v) is 8.82. The average Bonchev–Trinajstić information content (AvgIpc) is 2.15. The SMILES string of the molecule is Cc1cc2c(S(=O)(=O)O)cccc2cn1. The Hall–Kier alpha value is -1.46. The molecule has 78 valence electrons. The van der Waals surface area contributed by atoms with E-state index in [0.717, 1.165) is 0 Å². The van der Waals surface area contributed by atoms with Crippen molar-refractivity contribution in [3.8, 4) is 0 Å². The van der Waals surface area contributed by atoms with Crippen LogP contribution in [0.1, 0.15) is 5.69 Å². The molecular weight excluding hydrogens is 214 g/mol. The highest BCUT2D eigenvalue weighted by Crippen LogP contribution is 2.22. The summed E-state index contributed by atoms with van der Waals surface area (Å²) in [5, 5.41) is 1.18. The Labute approximate surface area is 87.3 Å². The van der Waals surface area contributed by atoms with Crippen LogP contribution < -0.4 is 0 Å². The zero-order valence-electron chi connectivity index (χ0n) is 8.01. The first-order chi connectivity index (χ1) is 6.98. The Bertz CT molecular complexity index is 620. The van der Waals surface area contributed by atoms with Crippen LogP contribution in [0.15, 0.2) is 35.4 Å². The van der Waals surface area contributed by atoms with Crippen molar-refractivity contribution in [2.75, 3.05) is 0 Å². The van der Waals surface area contributed by atoms with Gasteiger partial charge in [-0.2, -0.15) is 8.42 Å². The third-order valence-electron chi connectivity index (χ3n) is 2.14. The highest BCUT2D eigenvalue weighted by atomic mass is 32.2. The smallest absolute Gasteiger partial charge is 0.282 e. The van der Waals surface area contributed by atoms with E-state index < -0.39 is 10.1 Å². The van der Waals surface area contributed by atoms with Crippen LogP contribution in [0.2, 0.25) is 0 Å². The van der Waals surface area contributed by atoms with Gasteiger partial charge in [0.05, 0.1) is 0 Å². The Kier molecular flexibility index (Phi) is 2.21. The van der Waals surface area contributed by atoms with Gasteiger partial charge in [-0.1, -0.05) is 12.1 Å². The van der Waals surface area contributed by atoms with E-state index in [0.29, 0.717) is 16.5 Å². The van der Waals surface area contributed by atoms with E-state index >= 15 is 0 Å². The highest BCUT2D eigenvalue weighted by Gasteiger charge is 2.13.